The molecule has 0 radical (unpaired) electrons. The summed E-state index contributed by atoms with van der Waals surface area (Å²) in [5.74, 6) is -0.768. The maximum absolute atomic E-state index is 12.9. The van der Waals surface area contributed by atoms with Gasteiger partial charge in [-0.25, -0.2) is 35.1 Å². The van der Waals surface area contributed by atoms with Crippen molar-refractivity contribution >= 4 is 0 Å². The second kappa shape index (κ2) is 42.1. The predicted octanol–water partition coefficient (Wildman–Crippen LogP) is 24.3. The number of hydrogen-bond donors (Lipinski definition) is 0. The molecule has 0 aliphatic rings. The van der Waals surface area contributed by atoms with Crippen LogP contribution in [0, 0.1) is 53.5 Å². The quantitative estimate of drug-likeness (QED) is 0.140. The molecule has 0 aliphatic heterocycles. The van der Waals surface area contributed by atoms with Gasteiger partial charge < -0.3 is 0 Å². The minimum atomic E-state index is -0.767. The Bertz CT molecular complexity index is 2520. The molecule has 0 aliphatic carbocycles. The Labute approximate surface area is 464 Å². The molecule has 7 rings (SSSR count). The van der Waals surface area contributed by atoms with Gasteiger partial charge in [-0.2, -0.15) is 0 Å². The van der Waals surface area contributed by atoms with Crippen LogP contribution in [-0.2, 0) is 0 Å². The lowest BCUT2D eigenvalue weighted by Gasteiger charge is -2.06. The van der Waals surface area contributed by atoms with Crippen molar-refractivity contribution in [2.45, 2.75) is 182 Å². The molecule has 0 amide bonds. The highest BCUT2D eigenvalue weighted by Crippen LogP contribution is 2.23. The van der Waals surface area contributed by atoms with Crippen molar-refractivity contribution in [1.82, 2.24) is 0 Å². The van der Waals surface area contributed by atoms with E-state index in [2.05, 4.69) is 79.7 Å². The lowest BCUT2D eigenvalue weighted by molar-refractivity contribution is 0.494. The molecule has 0 unspecified atom stereocenters. The van der Waals surface area contributed by atoms with Crippen molar-refractivity contribution in [3.63, 3.8) is 0 Å². The summed E-state index contributed by atoms with van der Waals surface area (Å²) in [6.45, 7) is 29.9. The third-order valence-electron chi connectivity index (χ3n) is 11.0. The zero-order valence-electron chi connectivity index (χ0n) is 45.1. The molecule has 7 aromatic rings. The summed E-state index contributed by atoms with van der Waals surface area (Å²) >= 11 is 0. The first-order chi connectivity index (χ1) is 33.8. The molecule has 0 nitrogen and oxygen atoms in total. The molecule has 0 saturated heterocycles. The Balaban J connectivity index is -0.000000259. The van der Waals surface area contributed by atoms with E-state index >= 15 is 0 Å². The number of halogens is 8. The first-order valence-corrected chi connectivity index (χ1v) is 24.7. The van der Waals surface area contributed by atoms with E-state index in [1.54, 1.807) is 50.2 Å². The Hall–Kier alpha value is -6.02. The van der Waals surface area contributed by atoms with Gasteiger partial charge in [0.1, 0.15) is 34.9 Å². The van der Waals surface area contributed by atoms with Gasteiger partial charge in [-0.3, -0.25) is 0 Å². The minimum absolute atomic E-state index is 0. The summed E-state index contributed by atoms with van der Waals surface area (Å²) in [6.07, 6.45) is 0. The summed E-state index contributed by atoms with van der Waals surface area (Å²) in [5, 5.41) is 0. The van der Waals surface area contributed by atoms with E-state index in [4.69, 9.17) is 0 Å². The van der Waals surface area contributed by atoms with Crippen LogP contribution in [0.2, 0.25) is 0 Å². The zero-order chi connectivity index (χ0) is 54.7. The molecule has 0 spiro atoms. The molecule has 0 saturated carbocycles. The van der Waals surface area contributed by atoms with Crippen molar-refractivity contribution in [1.29, 1.82) is 0 Å². The van der Waals surface area contributed by atoms with Crippen LogP contribution < -0.4 is 0 Å². The third-order valence-corrected chi connectivity index (χ3v) is 11.0. The smallest absolute Gasteiger partial charge is 0.162 e. The summed E-state index contributed by atoms with van der Waals surface area (Å²) < 4.78 is 102. The minimum Gasteiger partial charge on any atom is -0.207 e. The molecule has 7 aromatic carbocycles. The largest absolute Gasteiger partial charge is 0.207 e. The van der Waals surface area contributed by atoms with Gasteiger partial charge >= 0.3 is 0 Å². The van der Waals surface area contributed by atoms with E-state index in [9.17, 15) is 35.1 Å². The van der Waals surface area contributed by atoms with Gasteiger partial charge in [0.2, 0.25) is 0 Å². The van der Waals surface area contributed by atoms with E-state index < -0.39 is 23.3 Å². The van der Waals surface area contributed by atoms with Gasteiger partial charge in [0.05, 0.1) is 0 Å². The lowest BCUT2D eigenvalue weighted by Crippen LogP contribution is -1.96. The summed E-state index contributed by atoms with van der Waals surface area (Å²) in [7, 11) is 0. The van der Waals surface area contributed by atoms with Gasteiger partial charge in [0.25, 0.3) is 0 Å². The van der Waals surface area contributed by atoms with E-state index in [0.717, 1.165) is 28.3 Å². The monoisotopic (exact) mass is 1080 g/mol. The molecular weight excluding hydrogens is 981 g/mol. The Morgan fingerprint density at radius 3 is 1.00 bits per heavy atom. The molecule has 0 atom stereocenters. The molecule has 0 N–H and O–H groups in total. The van der Waals surface area contributed by atoms with Crippen LogP contribution in [0.4, 0.5) is 35.1 Å². The highest BCUT2D eigenvalue weighted by molar-refractivity contribution is 5.27. The van der Waals surface area contributed by atoms with Crippen molar-refractivity contribution in [3.05, 3.63) is 249 Å². The maximum Gasteiger partial charge on any atom is 0.162 e. The van der Waals surface area contributed by atoms with Gasteiger partial charge in [-0.15, -0.1) is 0 Å². The first kappa shape index (κ1) is 79.8. The second-order valence-electron chi connectivity index (χ2n) is 19.5. The van der Waals surface area contributed by atoms with E-state index in [-0.39, 0.29) is 83.7 Å². The molecule has 0 heterocycles. The van der Waals surface area contributed by atoms with Gasteiger partial charge in [0.15, 0.2) is 11.6 Å². The van der Waals surface area contributed by atoms with E-state index in [1.807, 2.05) is 77.1 Å². The standard InChI is InChI=1S/C10H13F.2C9H10F2.3C9H11F.C9H12.5CH4/c1-7(2)9-4-8(3)5-10(11)6-9;1-6(2)9-7(10)4-3-5-8(9)11;1-6(2)7-4-3-5-8(10)9(7)11;1-7(2)8-3-5-9(10)6-4-8;1-7(2)8-4-3-5-9(10)6-8;1-7(2)8-5-3-4-6-9(8)10;1-8(2)9-6-4-3-5-7-9;;;;;/h4-7H,1-3H3;2*3-6H,1-2H3;3*3-7H,1-2H3;3-8H,1-2H3;5*1H4. The van der Waals surface area contributed by atoms with E-state index in [0.29, 0.717) is 29.2 Å². The summed E-state index contributed by atoms with van der Waals surface area (Å²) in [5.41, 5.74) is 7.12. The highest BCUT2D eigenvalue weighted by Gasteiger charge is 2.11. The first-order valence-electron chi connectivity index (χ1n) is 24.7. The van der Waals surface area contributed by atoms with Crippen molar-refractivity contribution in [3.8, 4) is 0 Å². The maximum atomic E-state index is 12.9. The molecular formula is C69H98F8. The van der Waals surface area contributed by atoms with E-state index in [1.165, 1.54) is 59.7 Å². The topological polar surface area (TPSA) is 0 Å². The fourth-order valence-electron chi connectivity index (χ4n) is 6.62. The van der Waals surface area contributed by atoms with Crippen molar-refractivity contribution < 1.29 is 35.1 Å². The molecule has 77 heavy (non-hydrogen) atoms. The van der Waals surface area contributed by atoms with Crippen LogP contribution in [0.25, 0.3) is 0 Å². The lowest BCUT2D eigenvalue weighted by atomic mass is 10.0. The Morgan fingerprint density at radius 1 is 0.260 bits per heavy atom. The zero-order valence-corrected chi connectivity index (χ0v) is 45.1. The number of benzene rings is 7. The molecule has 430 valence electrons. The van der Waals surface area contributed by atoms with Crippen LogP contribution in [0.5, 0.6) is 0 Å². The number of hydrogen-bond acceptors (Lipinski definition) is 0. The predicted molar refractivity (Wildman–Crippen MR) is 322 cm³/mol. The molecule has 0 aromatic heterocycles. The summed E-state index contributed by atoms with van der Waals surface area (Å²) in [6, 6.07) is 44.1. The van der Waals surface area contributed by atoms with Crippen molar-refractivity contribution in [2.24, 2.45) is 0 Å². The van der Waals surface area contributed by atoms with Crippen LogP contribution >= 0.6 is 0 Å². The molecule has 0 bridgehead atoms. The average molecular weight is 1080 g/mol. The summed E-state index contributed by atoms with van der Waals surface area (Å²) in [4.78, 5) is 0. The SMILES string of the molecule is C.C.C.C.C.CC(C)c1c(F)cccc1F.CC(C)c1ccc(F)cc1.CC(C)c1cccc(F)c1.CC(C)c1cccc(F)c1F.CC(C)c1ccccc1.CC(C)c1ccccc1F.Cc1cc(F)cc(C(C)C)c1. The Kier molecular flexibility index (Phi) is 43.6. The average Bonchev–Trinajstić information content (AvgIpc) is 3.31. The Morgan fingerprint density at radius 2 is 0.636 bits per heavy atom. The van der Waals surface area contributed by atoms with Crippen LogP contribution in [0.3, 0.4) is 0 Å². The van der Waals surface area contributed by atoms with Gasteiger partial charge in [-0.1, -0.05) is 231 Å². The highest BCUT2D eigenvalue weighted by atomic mass is 19.2. The molecule has 0 fully saturated rings. The number of rotatable bonds is 7. The van der Waals surface area contributed by atoms with Crippen molar-refractivity contribution in [2.75, 3.05) is 0 Å². The fourth-order valence-corrected chi connectivity index (χ4v) is 6.62. The molecule has 8 heteroatoms. The fraction of sp³-hybridized carbons (Fsp3) is 0.391. The van der Waals surface area contributed by atoms with Gasteiger partial charge in [-0.05, 0) is 148 Å². The van der Waals surface area contributed by atoms with Crippen LogP contribution in [0.1, 0.15) is 220 Å². The normalized spacial score (nSPS) is 9.79. The van der Waals surface area contributed by atoms with Crippen LogP contribution in [-0.4, -0.2) is 0 Å². The third kappa shape index (κ3) is 31.7. The van der Waals surface area contributed by atoms with Crippen LogP contribution in [0.15, 0.2) is 158 Å². The second-order valence-corrected chi connectivity index (χ2v) is 19.5. The number of aryl methyl sites for hydroxylation is 1. The van der Waals surface area contributed by atoms with Gasteiger partial charge in [0, 0.05) is 5.56 Å².